The predicted octanol–water partition coefficient (Wildman–Crippen LogP) is 2.70. The van der Waals surface area contributed by atoms with Crippen LogP contribution in [0.1, 0.15) is 17.5 Å². The maximum atomic E-state index is 12.6. The van der Waals surface area contributed by atoms with Gasteiger partial charge in [-0.05, 0) is 24.6 Å². The van der Waals surface area contributed by atoms with Crippen molar-refractivity contribution < 1.29 is 22.7 Å². The second-order valence-electron chi connectivity index (χ2n) is 4.94. The number of likely N-dealkylation sites (tertiary alicyclic amines) is 1. The van der Waals surface area contributed by atoms with Gasteiger partial charge in [-0.1, -0.05) is 18.2 Å². The Bertz CT molecular complexity index is 488. The normalized spacial score (nSPS) is 20.1. The van der Waals surface area contributed by atoms with Gasteiger partial charge in [-0.15, -0.1) is 0 Å². The molecule has 3 nitrogen and oxygen atoms in total. The minimum Gasteiger partial charge on any atom is -0.469 e. The fourth-order valence-electron chi connectivity index (χ4n) is 2.44. The van der Waals surface area contributed by atoms with Crippen LogP contribution in [-0.2, 0) is 22.3 Å². The van der Waals surface area contributed by atoms with E-state index in [0.29, 0.717) is 31.6 Å². The quantitative estimate of drug-likeness (QED) is 0.801. The lowest BCUT2D eigenvalue weighted by Crippen LogP contribution is -2.23. The largest absolute Gasteiger partial charge is 0.469 e. The summed E-state index contributed by atoms with van der Waals surface area (Å²) in [5, 5.41) is 0. The molecule has 0 saturated carbocycles. The van der Waals surface area contributed by atoms with Crippen molar-refractivity contribution >= 4 is 5.97 Å². The van der Waals surface area contributed by atoms with E-state index >= 15 is 0 Å². The van der Waals surface area contributed by atoms with Gasteiger partial charge in [-0.2, -0.15) is 13.2 Å². The number of benzene rings is 1. The van der Waals surface area contributed by atoms with Gasteiger partial charge in [-0.3, -0.25) is 9.69 Å². The number of hydrogen-bond acceptors (Lipinski definition) is 3. The van der Waals surface area contributed by atoms with Crippen molar-refractivity contribution in [1.82, 2.24) is 4.90 Å². The zero-order chi connectivity index (χ0) is 14.8. The van der Waals surface area contributed by atoms with Crippen LogP contribution >= 0.6 is 0 Å². The van der Waals surface area contributed by atoms with Gasteiger partial charge in [0.05, 0.1) is 18.6 Å². The highest BCUT2D eigenvalue weighted by molar-refractivity contribution is 5.72. The molecular formula is C14H16F3NO2. The van der Waals surface area contributed by atoms with Crippen molar-refractivity contribution in [2.24, 2.45) is 5.92 Å². The molecule has 2 rings (SSSR count). The minimum atomic E-state index is -4.32. The van der Waals surface area contributed by atoms with E-state index in [9.17, 15) is 18.0 Å². The van der Waals surface area contributed by atoms with Crippen molar-refractivity contribution in [2.75, 3.05) is 20.2 Å². The Kier molecular flexibility index (Phi) is 4.32. The third-order valence-corrected chi connectivity index (χ3v) is 3.47. The molecule has 0 aliphatic carbocycles. The van der Waals surface area contributed by atoms with Crippen LogP contribution in [0.2, 0.25) is 0 Å². The van der Waals surface area contributed by atoms with Crippen molar-refractivity contribution in [2.45, 2.75) is 19.1 Å². The first-order chi connectivity index (χ1) is 9.40. The first-order valence-electron chi connectivity index (χ1n) is 6.36. The number of alkyl halides is 3. The van der Waals surface area contributed by atoms with Crippen LogP contribution in [0, 0.1) is 5.92 Å². The van der Waals surface area contributed by atoms with E-state index in [1.165, 1.54) is 13.2 Å². The molecule has 1 aromatic rings. The average Bonchev–Trinajstić information content (AvgIpc) is 2.85. The van der Waals surface area contributed by atoms with Crippen LogP contribution in [-0.4, -0.2) is 31.1 Å². The van der Waals surface area contributed by atoms with E-state index in [0.717, 1.165) is 12.1 Å². The number of methoxy groups -OCH3 is 1. The molecule has 1 unspecified atom stereocenters. The topological polar surface area (TPSA) is 29.5 Å². The number of hydrogen-bond donors (Lipinski definition) is 0. The molecule has 1 aliphatic heterocycles. The Labute approximate surface area is 115 Å². The smallest absolute Gasteiger partial charge is 0.416 e. The summed E-state index contributed by atoms with van der Waals surface area (Å²) in [4.78, 5) is 13.4. The summed E-state index contributed by atoms with van der Waals surface area (Å²) in [6, 6.07) is 5.29. The van der Waals surface area contributed by atoms with E-state index in [4.69, 9.17) is 0 Å². The molecule has 20 heavy (non-hydrogen) atoms. The van der Waals surface area contributed by atoms with E-state index in [1.807, 2.05) is 4.90 Å². The lowest BCUT2D eigenvalue weighted by Gasteiger charge is -2.16. The maximum Gasteiger partial charge on any atom is 0.416 e. The third-order valence-electron chi connectivity index (χ3n) is 3.47. The molecule has 110 valence electrons. The molecule has 1 saturated heterocycles. The van der Waals surface area contributed by atoms with Crippen LogP contribution < -0.4 is 0 Å². The van der Waals surface area contributed by atoms with Gasteiger partial charge in [0.1, 0.15) is 0 Å². The monoisotopic (exact) mass is 287 g/mol. The van der Waals surface area contributed by atoms with Crippen LogP contribution in [0.15, 0.2) is 24.3 Å². The summed E-state index contributed by atoms with van der Waals surface area (Å²) in [5.74, 6) is -0.428. The van der Waals surface area contributed by atoms with Gasteiger partial charge < -0.3 is 4.74 Å². The average molecular weight is 287 g/mol. The van der Waals surface area contributed by atoms with Crippen molar-refractivity contribution in [3.8, 4) is 0 Å². The second-order valence-corrected chi connectivity index (χ2v) is 4.94. The number of halogens is 3. The minimum absolute atomic E-state index is 0.175. The third kappa shape index (κ3) is 3.50. The molecule has 0 aromatic heterocycles. The van der Waals surface area contributed by atoms with Crippen molar-refractivity contribution in [3.05, 3.63) is 35.4 Å². The summed E-state index contributed by atoms with van der Waals surface area (Å²) in [6.07, 6.45) is -3.64. The summed E-state index contributed by atoms with van der Waals surface area (Å²) in [7, 11) is 1.35. The fourth-order valence-corrected chi connectivity index (χ4v) is 2.44. The SMILES string of the molecule is COC(=O)C1CCN(Cc2cccc(C(F)(F)F)c2)C1. The highest BCUT2D eigenvalue weighted by Gasteiger charge is 2.31. The molecule has 1 fully saturated rings. The van der Waals surface area contributed by atoms with E-state index < -0.39 is 11.7 Å². The van der Waals surface area contributed by atoms with E-state index in [-0.39, 0.29) is 11.9 Å². The first-order valence-corrected chi connectivity index (χ1v) is 6.36. The Hall–Kier alpha value is -1.56. The molecule has 1 aliphatic rings. The number of rotatable bonds is 3. The van der Waals surface area contributed by atoms with Gasteiger partial charge in [0.15, 0.2) is 0 Å². The highest BCUT2D eigenvalue weighted by atomic mass is 19.4. The fraction of sp³-hybridized carbons (Fsp3) is 0.500. The summed E-state index contributed by atoms with van der Waals surface area (Å²) >= 11 is 0. The zero-order valence-electron chi connectivity index (χ0n) is 11.1. The molecule has 1 aromatic carbocycles. The van der Waals surface area contributed by atoms with Gasteiger partial charge in [0.2, 0.25) is 0 Å². The Morgan fingerprint density at radius 2 is 2.20 bits per heavy atom. The molecule has 0 N–H and O–H groups in total. The van der Waals surface area contributed by atoms with Crippen LogP contribution in [0.5, 0.6) is 0 Å². The molecule has 6 heteroatoms. The van der Waals surface area contributed by atoms with Crippen molar-refractivity contribution in [3.63, 3.8) is 0 Å². The zero-order valence-corrected chi connectivity index (χ0v) is 11.1. The Morgan fingerprint density at radius 1 is 1.45 bits per heavy atom. The second kappa shape index (κ2) is 5.83. The molecule has 0 spiro atoms. The lowest BCUT2D eigenvalue weighted by atomic mass is 10.1. The van der Waals surface area contributed by atoms with Gasteiger partial charge in [0.25, 0.3) is 0 Å². The molecular weight excluding hydrogens is 271 g/mol. The van der Waals surface area contributed by atoms with Crippen LogP contribution in [0.4, 0.5) is 13.2 Å². The van der Waals surface area contributed by atoms with E-state index in [1.54, 1.807) is 6.07 Å². The molecule has 1 atom stereocenters. The first kappa shape index (κ1) is 14.8. The summed E-state index contributed by atoms with van der Waals surface area (Å²) in [5.41, 5.74) is -0.0379. The number of carbonyl (C=O) groups is 1. The maximum absolute atomic E-state index is 12.6. The summed E-state index contributed by atoms with van der Waals surface area (Å²) < 4.78 is 42.5. The van der Waals surface area contributed by atoms with Crippen molar-refractivity contribution in [1.29, 1.82) is 0 Å². The van der Waals surface area contributed by atoms with Crippen LogP contribution in [0.25, 0.3) is 0 Å². The Balaban J connectivity index is 2.00. The molecule has 1 heterocycles. The number of ether oxygens (including phenoxy) is 1. The molecule has 0 bridgehead atoms. The van der Waals surface area contributed by atoms with Crippen LogP contribution in [0.3, 0.4) is 0 Å². The van der Waals surface area contributed by atoms with Gasteiger partial charge in [-0.25, -0.2) is 0 Å². The Morgan fingerprint density at radius 3 is 2.85 bits per heavy atom. The molecule has 0 radical (unpaired) electrons. The number of carbonyl (C=O) groups excluding carboxylic acids is 1. The molecule has 0 amide bonds. The van der Waals surface area contributed by atoms with Gasteiger partial charge >= 0.3 is 12.1 Å². The lowest BCUT2D eigenvalue weighted by molar-refractivity contribution is -0.145. The summed E-state index contributed by atoms with van der Waals surface area (Å²) in [6.45, 7) is 1.64. The van der Waals surface area contributed by atoms with E-state index in [2.05, 4.69) is 4.74 Å². The number of nitrogens with zero attached hydrogens (tertiary/aromatic N) is 1. The number of esters is 1. The standard InChI is InChI=1S/C14H16F3NO2/c1-20-13(19)11-5-6-18(9-11)8-10-3-2-4-12(7-10)14(15,16)17/h2-4,7,11H,5-6,8-9H2,1H3. The van der Waals surface area contributed by atoms with Gasteiger partial charge in [0, 0.05) is 13.1 Å². The predicted molar refractivity (Wildman–Crippen MR) is 66.8 cm³/mol. The highest BCUT2D eigenvalue weighted by Crippen LogP contribution is 2.30.